The number of fused-ring (bicyclic) bond motifs is 1. The van der Waals surface area contributed by atoms with Gasteiger partial charge in [-0.25, -0.2) is 9.02 Å². The van der Waals surface area contributed by atoms with Crippen LogP contribution in [0, 0.1) is 5.82 Å². The second-order valence-electron chi connectivity index (χ2n) is 7.41. The molecule has 1 aliphatic carbocycles. The van der Waals surface area contributed by atoms with Gasteiger partial charge in [-0.05, 0) is 58.0 Å². The number of halogens is 1. The highest BCUT2D eigenvalue weighted by Crippen LogP contribution is 2.43. The average molecular weight is 406 g/mol. The van der Waals surface area contributed by atoms with Crippen LogP contribution in [0.3, 0.4) is 0 Å². The summed E-state index contributed by atoms with van der Waals surface area (Å²) >= 11 is 0. The SMILES string of the molecule is COc1ccc(C2CC(=O)C3=C(C2)Nc2nonc2NC3c2ccc(F)cc2)cc1. The van der Waals surface area contributed by atoms with Crippen LogP contribution in [0.5, 0.6) is 5.75 Å². The fraction of sp³-hybridized carbons (Fsp3) is 0.227. The monoisotopic (exact) mass is 406 g/mol. The van der Waals surface area contributed by atoms with E-state index in [4.69, 9.17) is 9.37 Å². The minimum absolute atomic E-state index is 0.0185. The number of aromatic nitrogens is 2. The highest BCUT2D eigenvalue weighted by atomic mass is 19.1. The molecule has 0 amide bonds. The molecule has 7 nitrogen and oxygen atoms in total. The molecule has 8 heteroatoms. The van der Waals surface area contributed by atoms with Crippen LogP contribution >= 0.6 is 0 Å². The van der Waals surface area contributed by atoms with E-state index in [1.165, 1.54) is 12.1 Å². The first-order valence-electron chi connectivity index (χ1n) is 9.64. The lowest BCUT2D eigenvalue weighted by molar-refractivity contribution is -0.116. The molecule has 152 valence electrons. The van der Waals surface area contributed by atoms with Crippen molar-refractivity contribution in [1.29, 1.82) is 0 Å². The first-order valence-corrected chi connectivity index (χ1v) is 9.64. The van der Waals surface area contributed by atoms with Gasteiger partial charge in [0.2, 0.25) is 11.6 Å². The molecule has 0 spiro atoms. The van der Waals surface area contributed by atoms with E-state index in [-0.39, 0.29) is 17.5 Å². The van der Waals surface area contributed by atoms with Crippen LogP contribution in [0.1, 0.15) is 35.9 Å². The molecule has 0 saturated carbocycles. The van der Waals surface area contributed by atoms with Gasteiger partial charge >= 0.3 is 0 Å². The maximum atomic E-state index is 13.5. The van der Waals surface area contributed by atoms with Crippen molar-refractivity contribution in [2.75, 3.05) is 17.7 Å². The molecule has 2 N–H and O–H groups in total. The average Bonchev–Trinajstić information content (AvgIpc) is 3.13. The molecule has 0 bridgehead atoms. The predicted molar refractivity (Wildman–Crippen MR) is 108 cm³/mol. The van der Waals surface area contributed by atoms with Crippen molar-refractivity contribution in [2.24, 2.45) is 0 Å². The minimum Gasteiger partial charge on any atom is -0.497 e. The fourth-order valence-electron chi connectivity index (χ4n) is 4.12. The Bertz CT molecular complexity index is 1120. The lowest BCUT2D eigenvalue weighted by Gasteiger charge is -2.29. The molecule has 3 aromatic rings. The number of hydrogen-bond acceptors (Lipinski definition) is 7. The topological polar surface area (TPSA) is 89.3 Å². The third-order valence-corrected chi connectivity index (χ3v) is 5.63. The van der Waals surface area contributed by atoms with Crippen LogP contribution in [0.15, 0.2) is 64.4 Å². The van der Waals surface area contributed by atoms with Gasteiger partial charge in [-0.1, -0.05) is 24.3 Å². The Morgan fingerprint density at radius 2 is 1.70 bits per heavy atom. The van der Waals surface area contributed by atoms with E-state index in [9.17, 15) is 9.18 Å². The summed E-state index contributed by atoms with van der Waals surface area (Å²) in [5.74, 6) is 1.31. The van der Waals surface area contributed by atoms with E-state index in [2.05, 4.69) is 20.9 Å². The molecule has 2 heterocycles. The number of carbonyl (C=O) groups is 1. The van der Waals surface area contributed by atoms with Crippen molar-refractivity contribution >= 4 is 17.4 Å². The summed E-state index contributed by atoms with van der Waals surface area (Å²) in [5.41, 5.74) is 3.21. The lowest BCUT2D eigenvalue weighted by atomic mass is 9.78. The molecule has 2 aromatic carbocycles. The minimum atomic E-state index is -0.481. The number of Topliss-reactive ketones (excluding diaryl/α,β-unsaturated/α-hetero) is 1. The van der Waals surface area contributed by atoms with Gasteiger partial charge in [0.1, 0.15) is 11.6 Å². The fourth-order valence-corrected chi connectivity index (χ4v) is 4.12. The van der Waals surface area contributed by atoms with Crippen LogP contribution in [-0.2, 0) is 4.79 Å². The van der Waals surface area contributed by atoms with Crippen molar-refractivity contribution in [3.8, 4) is 5.75 Å². The normalized spacial score (nSPS) is 20.5. The number of benzene rings is 2. The predicted octanol–water partition coefficient (Wildman–Crippen LogP) is 4.20. The number of carbonyl (C=O) groups excluding carboxylic acids is 1. The zero-order valence-electron chi connectivity index (χ0n) is 16.2. The quantitative estimate of drug-likeness (QED) is 0.674. The number of ether oxygens (including phenoxy) is 1. The number of nitrogens with one attached hydrogen (secondary N) is 2. The zero-order valence-corrected chi connectivity index (χ0v) is 16.2. The maximum absolute atomic E-state index is 13.5. The summed E-state index contributed by atoms with van der Waals surface area (Å²) in [6.45, 7) is 0. The Balaban J connectivity index is 1.55. The maximum Gasteiger partial charge on any atom is 0.219 e. The Kier molecular flexibility index (Phi) is 4.46. The van der Waals surface area contributed by atoms with Crippen molar-refractivity contribution in [3.05, 3.63) is 76.7 Å². The van der Waals surface area contributed by atoms with Crippen LogP contribution in [0.4, 0.5) is 16.0 Å². The van der Waals surface area contributed by atoms with Crippen molar-refractivity contribution < 1.29 is 18.6 Å². The summed E-state index contributed by atoms with van der Waals surface area (Å²) < 4.78 is 23.6. The van der Waals surface area contributed by atoms with Gasteiger partial charge < -0.3 is 15.4 Å². The molecule has 2 unspecified atom stereocenters. The molecular formula is C22H19FN4O3. The Hall–Kier alpha value is -3.68. The van der Waals surface area contributed by atoms with Crippen molar-refractivity contribution in [2.45, 2.75) is 24.8 Å². The van der Waals surface area contributed by atoms with Crippen LogP contribution < -0.4 is 15.4 Å². The first-order chi connectivity index (χ1) is 14.6. The van der Waals surface area contributed by atoms with Crippen molar-refractivity contribution in [1.82, 2.24) is 10.3 Å². The number of rotatable bonds is 3. The highest BCUT2D eigenvalue weighted by Gasteiger charge is 2.37. The number of allylic oxidation sites excluding steroid dienone is 1. The second kappa shape index (κ2) is 7.29. The highest BCUT2D eigenvalue weighted by molar-refractivity contribution is 6.00. The number of methoxy groups -OCH3 is 1. The van der Waals surface area contributed by atoms with Gasteiger partial charge in [0.25, 0.3) is 0 Å². The summed E-state index contributed by atoms with van der Waals surface area (Å²) in [6, 6.07) is 13.4. The van der Waals surface area contributed by atoms with Gasteiger partial charge in [-0.3, -0.25) is 4.79 Å². The summed E-state index contributed by atoms with van der Waals surface area (Å²) in [5, 5.41) is 14.3. The zero-order chi connectivity index (χ0) is 20.7. The van der Waals surface area contributed by atoms with Gasteiger partial charge in [0.05, 0.1) is 13.2 Å². The lowest BCUT2D eigenvalue weighted by Crippen LogP contribution is -2.27. The van der Waals surface area contributed by atoms with Gasteiger partial charge in [0, 0.05) is 17.7 Å². The largest absolute Gasteiger partial charge is 0.497 e. The summed E-state index contributed by atoms with van der Waals surface area (Å²) in [7, 11) is 1.62. The molecule has 1 aromatic heterocycles. The molecule has 1 aliphatic heterocycles. The van der Waals surface area contributed by atoms with Crippen LogP contribution in [0.2, 0.25) is 0 Å². The molecule has 5 rings (SSSR count). The van der Waals surface area contributed by atoms with E-state index in [0.717, 1.165) is 22.6 Å². The first kappa shape index (κ1) is 18.4. The van der Waals surface area contributed by atoms with Gasteiger partial charge in [0.15, 0.2) is 5.78 Å². The summed E-state index contributed by atoms with van der Waals surface area (Å²) in [6.07, 6.45) is 1.00. The smallest absolute Gasteiger partial charge is 0.219 e. The molecular weight excluding hydrogens is 387 g/mol. The standard InChI is InChI=1S/C22H19FN4O3/c1-29-16-8-4-12(5-9-16)14-10-17-19(18(28)11-14)20(13-2-6-15(23)7-3-13)25-22-21(24-17)26-30-27-22/h2-9,14,20H,10-11H2,1H3,(H,24,26)(H,25,27). The van der Waals surface area contributed by atoms with E-state index in [1.807, 2.05) is 24.3 Å². The van der Waals surface area contributed by atoms with E-state index < -0.39 is 6.04 Å². The molecule has 30 heavy (non-hydrogen) atoms. The van der Waals surface area contributed by atoms with Crippen LogP contribution in [0.25, 0.3) is 0 Å². The van der Waals surface area contributed by atoms with E-state index in [1.54, 1.807) is 19.2 Å². The molecule has 0 fully saturated rings. The molecule has 0 saturated heterocycles. The van der Waals surface area contributed by atoms with Gasteiger partial charge in [-0.2, -0.15) is 0 Å². The number of nitrogens with zero attached hydrogens (tertiary/aromatic N) is 2. The summed E-state index contributed by atoms with van der Waals surface area (Å²) in [4.78, 5) is 13.3. The number of anilines is 2. The van der Waals surface area contributed by atoms with Crippen LogP contribution in [-0.4, -0.2) is 23.2 Å². The molecule has 0 radical (unpaired) electrons. The Morgan fingerprint density at radius 3 is 2.43 bits per heavy atom. The Labute approximate surface area is 171 Å². The number of hydrogen-bond donors (Lipinski definition) is 2. The van der Waals surface area contributed by atoms with Crippen molar-refractivity contribution in [3.63, 3.8) is 0 Å². The second-order valence-corrected chi connectivity index (χ2v) is 7.41. The van der Waals surface area contributed by atoms with Gasteiger partial charge in [-0.15, -0.1) is 0 Å². The van der Waals surface area contributed by atoms with E-state index in [0.29, 0.717) is 30.1 Å². The number of ketones is 1. The molecule has 2 aliphatic rings. The Morgan fingerprint density at radius 1 is 1.00 bits per heavy atom. The molecule has 2 atom stereocenters. The van der Waals surface area contributed by atoms with E-state index >= 15 is 0 Å². The third-order valence-electron chi connectivity index (χ3n) is 5.63. The third kappa shape index (κ3) is 3.20.